The van der Waals surface area contributed by atoms with Crippen molar-refractivity contribution in [2.45, 2.75) is 6.54 Å². The molecule has 0 aliphatic heterocycles. The van der Waals surface area contributed by atoms with E-state index in [1.54, 1.807) is 36.3 Å². The lowest BCUT2D eigenvalue weighted by atomic mass is 10.1. The van der Waals surface area contributed by atoms with E-state index in [-0.39, 0.29) is 12.5 Å². The van der Waals surface area contributed by atoms with Gasteiger partial charge >= 0.3 is 0 Å². The topological polar surface area (TPSA) is 53.4 Å². The third-order valence-electron chi connectivity index (χ3n) is 2.96. The molecule has 4 heteroatoms. The molecule has 0 saturated heterocycles. The van der Waals surface area contributed by atoms with Gasteiger partial charge in [0.25, 0.3) is 5.91 Å². The number of hydrogen-bond acceptors (Lipinski definition) is 3. The quantitative estimate of drug-likeness (QED) is 0.871. The van der Waals surface area contributed by atoms with Gasteiger partial charge in [0.05, 0.1) is 0 Å². The van der Waals surface area contributed by atoms with Crippen molar-refractivity contribution < 1.29 is 9.90 Å². The minimum atomic E-state index is -0.183. The lowest BCUT2D eigenvalue weighted by molar-refractivity contribution is 0.0779. The Labute approximate surface area is 124 Å². The number of pyridine rings is 1. The molecule has 0 radical (unpaired) electrons. The number of benzene rings is 1. The summed E-state index contributed by atoms with van der Waals surface area (Å²) in [6, 6.07) is 12.8. The maximum atomic E-state index is 12.3. The number of carbonyl (C=O) groups is 1. The van der Waals surface area contributed by atoms with Crippen molar-refractivity contribution in [3.63, 3.8) is 0 Å². The van der Waals surface area contributed by atoms with Crippen LogP contribution in [0.1, 0.15) is 21.6 Å². The summed E-state index contributed by atoms with van der Waals surface area (Å²) in [7, 11) is 1.73. The van der Waals surface area contributed by atoms with Crippen molar-refractivity contribution in [3.8, 4) is 11.8 Å². The zero-order valence-electron chi connectivity index (χ0n) is 11.8. The van der Waals surface area contributed by atoms with E-state index >= 15 is 0 Å². The van der Waals surface area contributed by atoms with E-state index in [1.165, 1.54) is 0 Å². The Balaban J connectivity index is 2.16. The molecule has 0 atom stereocenters. The smallest absolute Gasteiger partial charge is 0.272 e. The van der Waals surface area contributed by atoms with Crippen molar-refractivity contribution in [3.05, 3.63) is 65.5 Å². The molecule has 2 rings (SSSR count). The number of carbonyl (C=O) groups excluding carboxylic acids is 1. The van der Waals surface area contributed by atoms with Crippen LogP contribution in [-0.4, -0.2) is 34.6 Å². The highest BCUT2D eigenvalue weighted by Gasteiger charge is 2.13. The predicted molar refractivity (Wildman–Crippen MR) is 80.4 cm³/mol. The van der Waals surface area contributed by atoms with Gasteiger partial charge in [-0.15, -0.1) is 0 Å². The van der Waals surface area contributed by atoms with Crippen molar-refractivity contribution >= 4 is 5.91 Å². The van der Waals surface area contributed by atoms with Gasteiger partial charge in [0.1, 0.15) is 12.3 Å². The number of rotatable bonds is 3. The fourth-order valence-electron chi connectivity index (χ4n) is 1.93. The van der Waals surface area contributed by atoms with Crippen LogP contribution in [0.3, 0.4) is 0 Å². The molecule has 1 aromatic heterocycles. The van der Waals surface area contributed by atoms with E-state index in [1.807, 2.05) is 24.3 Å². The molecular formula is C17H16N2O2. The van der Waals surface area contributed by atoms with Crippen LogP contribution in [0, 0.1) is 11.8 Å². The molecule has 0 saturated carbocycles. The van der Waals surface area contributed by atoms with Gasteiger partial charge in [0, 0.05) is 25.4 Å². The molecule has 0 fully saturated rings. The zero-order chi connectivity index (χ0) is 15.1. The Kier molecular flexibility index (Phi) is 5.08. The van der Waals surface area contributed by atoms with Crippen LogP contribution in [0.25, 0.3) is 0 Å². The number of hydrogen-bond donors (Lipinski definition) is 1. The second kappa shape index (κ2) is 7.22. The third-order valence-corrected chi connectivity index (χ3v) is 2.96. The highest BCUT2D eigenvalue weighted by Crippen LogP contribution is 2.11. The van der Waals surface area contributed by atoms with Crippen molar-refractivity contribution in [1.29, 1.82) is 0 Å². The molecule has 1 amide bonds. The van der Waals surface area contributed by atoms with E-state index in [2.05, 4.69) is 16.8 Å². The molecule has 1 aromatic carbocycles. The average molecular weight is 280 g/mol. The largest absolute Gasteiger partial charge is 0.384 e. The predicted octanol–water partition coefficient (Wildman–Crippen LogP) is 1.70. The van der Waals surface area contributed by atoms with Gasteiger partial charge in [0.15, 0.2) is 0 Å². The summed E-state index contributed by atoms with van der Waals surface area (Å²) >= 11 is 0. The molecule has 0 aliphatic carbocycles. The van der Waals surface area contributed by atoms with E-state index in [4.69, 9.17) is 5.11 Å². The maximum Gasteiger partial charge on any atom is 0.272 e. The van der Waals surface area contributed by atoms with Crippen LogP contribution in [0.5, 0.6) is 0 Å². The van der Waals surface area contributed by atoms with Gasteiger partial charge in [-0.3, -0.25) is 9.78 Å². The van der Waals surface area contributed by atoms with Crippen molar-refractivity contribution in [2.24, 2.45) is 0 Å². The van der Waals surface area contributed by atoms with Gasteiger partial charge in [-0.05, 0) is 23.8 Å². The van der Waals surface area contributed by atoms with Crippen LogP contribution < -0.4 is 0 Å². The molecule has 2 aromatic rings. The number of nitrogens with zero attached hydrogens (tertiary/aromatic N) is 2. The first kappa shape index (κ1) is 14.8. The molecule has 106 valence electrons. The highest BCUT2D eigenvalue weighted by molar-refractivity contribution is 5.92. The summed E-state index contributed by atoms with van der Waals surface area (Å²) in [4.78, 5) is 17.9. The third kappa shape index (κ3) is 3.91. The van der Waals surface area contributed by atoms with E-state index in [9.17, 15) is 4.79 Å². The first-order chi connectivity index (χ1) is 10.2. The van der Waals surface area contributed by atoms with Crippen LogP contribution in [0.15, 0.2) is 48.7 Å². The monoisotopic (exact) mass is 280 g/mol. The van der Waals surface area contributed by atoms with Gasteiger partial charge in [-0.25, -0.2) is 0 Å². The van der Waals surface area contributed by atoms with E-state index < -0.39 is 0 Å². The summed E-state index contributed by atoms with van der Waals surface area (Å²) in [5.74, 6) is 5.38. The number of aromatic nitrogens is 1. The Morgan fingerprint density at radius 2 is 2.00 bits per heavy atom. The Morgan fingerprint density at radius 1 is 1.24 bits per heavy atom. The van der Waals surface area contributed by atoms with Crippen LogP contribution in [0.4, 0.5) is 0 Å². The molecule has 0 bridgehead atoms. The molecule has 0 spiro atoms. The molecular weight excluding hydrogens is 264 g/mol. The molecule has 4 nitrogen and oxygen atoms in total. The molecule has 0 unspecified atom stereocenters. The Hall–Kier alpha value is -2.64. The second-order valence-corrected chi connectivity index (χ2v) is 4.49. The maximum absolute atomic E-state index is 12.3. The van der Waals surface area contributed by atoms with Gasteiger partial charge in [-0.1, -0.05) is 36.1 Å². The number of aliphatic hydroxyl groups is 1. The summed E-state index contributed by atoms with van der Waals surface area (Å²) in [5, 5.41) is 8.79. The first-order valence-electron chi connectivity index (χ1n) is 6.56. The fraction of sp³-hybridized carbons (Fsp3) is 0.176. The Bertz CT molecular complexity index is 672. The SMILES string of the molecule is CN(Cc1ccccc1C#CCO)C(=O)c1ccccn1. The molecule has 0 aliphatic rings. The summed E-state index contributed by atoms with van der Waals surface area (Å²) < 4.78 is 0. The van der Waals surface area contributed by atoms with Gasteiger partial charge in [0.2, 0.25) is 0 Å². The minimum Gasteiger partial charge on any atom is -0.384 e. The summed E-state index contributed by atoms with van der Waals surface area (Å²) in [6.45, 7) is 0.253. The zero-order valence-corrected chi connectivity index (χ0v) is 11.8. The van der Waals surface area contributed by atoms with Gasteiger partial charge in [-0.2, -0.15) is 0 Å². The van der Waals surface area contributed by atoms with E-state index in [0.717, 1.165) is 11.1 Å². The van der Waals surface area contributed by atoms with Crippen LogP contribution in [-0.2, 0) is 6.54 Å². The lowest BCUT2D eigenvalue weighted by Crippen LogP contribution is -2.27. The Morgan fingerprint density at radius 3 is 2.71 bits per heavy atom. The van der Waals surface area contributed by atoms with Crippen LogP contribution in [0.2, 0.25) is 0 Å². The highest BCUT2D eigenvalue weighted by atomic mass is 16.2. The standard InChI is InChI=1S/C17H16N2O2/c1-19(17(21)16-10-4-5-11-18-16)13-15-8-3-2-7-14(15)9-6-12-20/h2-5,7-8,10-11,20H,12-13H2,1H3. The minimum absolute atomic E-state index is 0.138. The molecule has 1 N–H and O–H groups in total. The van der Waals surface area contributed by atoms with Gasteiger partial charge < -0.3 is 10.0 Å². The first-order valence-corrected chi connectivity index (χ1v) is 6.56. The fourth-order valence-corrected chi connectivity index (χ4v) is 1.93. The average Bonchev–Trinajstić information content (AvgIpc) is 2.54. The normalized spacial score (nSPS) is 9.62. The van der Waals surface area contributed by atoms with E-state index in [0.29, 0.717) is 12.2 Å². The molecule has 1 heterocycles. The number of aliphatic hydroxyl groups excluding tert-OH is 1. The van der Waals surface area contributed by atoms with Crippen molar-refractivity contribution in [1.82, 2.24) is 9.88 Å². The summed E-state index contributed by atoms with van der Waals surface area (Å²) in [5.41, 5.74) is 2.16. The summed E-state index contributed by atoms with van der Waals surface area (Å²) in [6.07, 6.45) is 1.60. The lowest BCUT2D eigenvalue weighted by Gasteiger charge is -2.17. The van der Waals surface area contributed by atoms with Crippen LogP contribution >= 0.6 is 0 Å². The number of amides is 1. The molecule has 21 heavy (non-hydrogen) atoms. The second-order valence-electron chi connectivity index (χ2n) is 4.49. The van der Waals surface area contributed by atoms with Crippen molar-refractivity contribution in [2.75, 3.05) is 13.7 Å².